The van der Waals surface area contributed by atoms with Crippen LogP contribution in [-0.2, 0) is 17.4 Å². The first-order valence-electron chi connectivity index (χ1n) is 12.0. The Balaban J connectivity index is 1.63. The molecule has 0 aromatic heterocycles. The van der Waals surface area contributed by atoms with Crippen LogP contribution in [0.1, 0.15) is 42.4 Å². The van der Waals surface area contributed by atoms with Crippen LogP contribution in [0.2, 0.25) is 0 Å². The van der Waals surface area contributed by atoms with E-state index in [1.807, 2.05) is 48.5 Å². The molecule has 0 spiro atoms. The van der Waals surface area contributed by atoms with Crippen LogP contribution in [0.3, 0.4) is 0 Å². The van der Waals surface area contributed by atoms with Crippen LogP contribution in [0.5, 0.6) is 5.75 Å². The molecule has 0 heterocycles. The molecule has 1 aliphatic carbocycles. The first-order chi connectivity index (χ1) is 17.6. The molecule has 1 aliphatic rings. The Hall–Kier alpha value is -3.83. The number of ether oxygens (including phenoxy) is 1. The van der Waals surface area contributed by atoms with Crippen molar-refractivity contribution in [3.8, 4) is 22.9 Å². The molecule has 1 amide bonds. The van der Waals surface area contributed by atoms with Gasteiger partial charge in [0.15, 0.2) is 0 Å². The van der Waals surface area contributed by atoms with Crippen LogP contribution in [0.15, 0.2) is 66.7 Å². The number of carbonyl (C=O) groups excluding carboxylic acids is 1. The van der Waals surface area contributed by atoms with Crippen molar-refractivity contribution < 1.29 is 27.8 Å². The third-order valence-corrected chi connectivity index (χ3v) is 6.95. The van der Waals surface area contributed by atoms with Gasteiger partial charge in [0.25, 0.3) is 5.91 Å². The Morgan fingerprint density at radius 1 is 1.05 bits per heavy atom. The van der Waals surface area contributed by atoms with Gasteiger partial charge in [-0.05, 0) is 65.8 Å². The second-order valence-corrected chi connectivity index (χ2v) is 9.34. The highest BCUT2D eigenvalue weighted by Crippen LogP contribution is 2.39. The molecule has 2 N–H and O–H groups in total. The number of rotatable bonds is 7. The number of nitriles is 1. The number of benzene rings is 3. The van der Waals surface area contributed by atoms with Crippen molar-refractivity contribution in [1.29, 1.82) is 5.26 Å². The molecule has 0 bridgehead atoms. The normalized spacial score (nSPS) is 15.6. The predicted molar refractivity (Wildman–Crippen MR) is 134 cm³/mol. The molecule has 5 nitrogen and oxygen atoms in total. The van der Waals surface area contributed by atoms with E-state index in [1.54, 1.807) is 7.11 Å². The Kier molecular flexibility index (Phi) is 7.55. The van der Waals surface area contributed by atoms with Crippen molar-refractivity contribution in [1.82, 2.24) is 0 Å². The standard InChI is InChI=1S/C29H27F3N2O3/c1-37-25-13-10-20(11-14-25)21-6-4-5-19(15-21)17-28(36,23-7-2-3-8-23)27(35)34-24-12-9-22(18-33)26(16-24)29(30,31)32/h4-6,9-16,23,36H,2-3,7-8,17H2,1H3,(H,34,35). The van der Waals surface area contributed by atoms with Crippen LogP contribution >= 0.6 is 0 Å². The van der Waals surface area contributed by atoms with Crippen molar-refractivity contribution >= 4 is 11.6 Å². The quantitative estimate of drug-likeness (QED) is 0.389. The summed E-state index contributed by atoms with van der Waals surface area (Å²) in [7, 11) is 1.59. The summed E-state index contributed by atoms with van der Waals surface area (Å²) in [5.41, 5.74) is -1.05. The molecule has 1 fully saturated rings. The van der Waals surface area contributed by atoms with Gasteiger partial charge in [-0.1, -0.05) is 49.2 Å². The minimum atomic E-state index is -4.75. The second-order valence-electron chi connectivity index (χ2n) is 9.34. The number of halogens is 3. The molecule has 8 heteroatoms. The van der Waals surface area contributed by atoms with Crippen LogP contribution in [0.4, 0.5) is 18.9 Å². The molecule has 192 valence electrons. The molecule has 1 unspecified atom stereocenters. The van der Waals surface area contributed by atoms with E-state index >= 15 is 0 Å². The summed E-state index contributed by atoms with van der Waals surface area (Å²) in [6.07, 6.45) is -1.74. The topological polar surface area (TPSA) is 82.3 Å². The Bertz CT molecular complexity index is 1310. The van der Waals surface area contributed by atoms with E-state index < -0.39 is 28.8 Å². The number of nitrogens with one attached hydrogen (secondary N) is 1. The SMILES string of the molecule is COc1ccc(-c2cccc(CC(O)(C(=O)Nc3ccc(C#N)c(C(F)(F)F)c3)C3CCCC3)c2)cc1. The van der Waals surface area contributed by atoms with Gasteiger partial charge in [0, 0.05) is 12.1 Å². The van der Waals surface area contributed by atoms with Gasteiger partial charge in [-0.25, -0.2) is 0 Å². The minimum absolute atomic E-state index is 0.00982. The molecule has 37 heavy (non-hydrogen) atoms. The van der Waals surface area contributed by atoms with E-state index in [4.69, 9.17) is 10.00 Å². The smallest absolute Gasteiger partial charge is 0.417 e. The summed E-state index contributed by atoms with van der Waals surface area (Å²) in [5.74, 6) is -0.367. The van der Waals surface area contributed by atoms with Crippen molar-refractivity contribution in [3.05, 3.63) is 83.4 Å². The van der Waals surface area contributed by atoms with Gasteiger partial charge in [0.05, 0.1) is 24.3 Å². The zero-order valence-corrected chi connectivity index (χ0v) is 20.3. The second kappa shape index (κ2) is 10.7. The van der Waals surface area contributed by atoms with Gasteiger partial charge in [-0.3, -0.25) is 4.79 Å². The number of hydrogen-bond acceptors (Lipinski definition) is 4. The van der Waals surface area contributed by atoms with Gasteiger partial charge >= 0.3 is 6.18 Å². The third kappa shape index (κ3) is 5.78. The number of hydrogen-bond donors (Lipinski definition) is 2. The largest absolute Gasteiger partial charge is 0.497 e. The molecule has 4 rings (SSSR count). The summed E-state index contributed by atoms with van der Waals surface area (Å²) < 4.78 is 45.5. The van der Waals surface area contributed by atoms with Gasteiger partial charge in [0.1, 0.15) is 11.4 Å². The van der Waals surface area contributed by atoms with E-state index in [9.17, 15) is 23.1 Å². The summed E-state index contributed by atoms with van der Waals surface area (Å²) in [5, 5.41) is 23.3. The lowest BCUT2D eigenvalue weighted by atomic mass is 9.79. The maximum Gasteiger partial charge on any atom is 0.417 e. The average Bonchev–Trinajstić information content (AvgIpc) is 3.44. The Labute approximate surface area is 213 Å². The highest BCUT2D eigenvalue weighted by Gasteiger charge is 2.45. The lowest BCUT2D eigenvalue weighted by Gasteiger charge is -2.33. The maximum atomic E-state index is 13.4. The summed E-state index contributed by atoms with van der Waals surface area (Å²) >= 11 is 0. The lowest BCUT2D eigenvalue weighted by Crippen LogP contribution is -2.50. The van der Waals surface area contributed by atoms with E-state index in [0.717, 1.165) is 47.4 Å². The Morgan fingerprint density at radius 3 is 2.38 bits per heavy atom. The fourth-order valence-electron chi connectivity index (χ4n) is 4.96. The molecule has 0 saturated heterocycles. The summed E-state index contributed by atoms with van der Waals surface area (Å²) in [6.45, 7) is 0. The van der Waals surface area contributed by atoms with Crippen molar-refractivity contribution in [3.63, 3.8) is 0 Å². The molecule has 1 saturated carbocycles. The average molecular weight is 509 g/mol. The minimum Gasteiger partial charge on any atom is -0.497 e. The zero-order chi connectivity index (χ0) is 26.6. The highest BCUT2D eigenvalue weighted by atomic mass is 19.4. The van der Waals surface area contributed by atoms with E-state index in [1.165, 1.54) is 12.1 Å². The van der Waals surface area contributed by atoms with Crippen LogP contribution < -0.4 is 10.1 Å². The molecule has 1 atom stereocenters. The number of alkyl halides is 3. The number of amides is 1. The molecule has 3 aromatic carbocycles. The summed E-state index contributed by atoms with van der Waals surface area (Å²) in [4.78, 5) is 13.4. The van der Waals surface area contributed by atoms with Crippen LogP contribution in [-0.4, -0.2) is 23.7 Å². The number of methoxy groups -OCH3 is 1. The first kappa shape index (κ1) is 26.2. The van der Waals surface area contributed by atoms with Crippen LogP contribution in [0, 0.1) is 17.2 Å². The number of aliphatic hydroxyl groups is 1. The van der Waals surface area contributed by atoms with Crippen LogP contribution in [0.25, 0.3) is 11.1 Å². The number of anilines is 1. The molecule has 0 radical (unpaired) electrons. The molecule has 3 aromatic rings. The van der Waals surface area contributed by atoms with Crippen molar-refractivity contribution in [2.45, 2.75) is 43.9 Å². The monoisotopic (exact) mass is 508 g/mol. The first-order valence-corrected chi connectivity index (χ1v) is 12.0. The fourth-order valence-corrected chi connectivity index (χ4v) is 4.96. The van der Waals surface area contributed by atoms with Gasteiger partial charge in [-0.15, -0.1) is 0 Å². The third-order valence-electron chi connectivity index (χ3n) is 6.95. The van der Waals surface area contributed by atoms with E-state index in [-0.39, 0.29) is 18.0 Å². The number of nitrogens with zero attached hydrogens (tertiary/aromatic N) is 1. The molecular weight excluding hydrogens is 481 g/mol. The molecular formula is C29H27F3N2O3. The highest BCUT2D eigenvalue weighted by molar-refractivity contribution is 5.98. The van der Waals surface area contributed by atoms with Gasteiger partial charge < -0.3 is 15.2 Å². The summed E-state index contributed by atoms with van der Waals surface area (Å²) in [6, 6.07) is 19.5. The fraction of sp³-hybridized carbons (Fsp3) is 0.310. The van der Waals surface area contributed by atoms with E-state index in [0.29, 0.717) is 12.8 Å². The van der Waals surface area contributed by atoms with Gasteiger partial charge in [0.2, 0.25) is 0 Å². The zero-order valence-electron chi connectivity index (χ0n) is 20.3. The van der Waals surface area contributed by atoms with Crippen molar-refractivity contribution in [2.75, 3.05) is 12.4 Å². The predicted octanol–water partition coefficient (Wildman–Crippen LogP) is 6.36. The van der Waals surface area contributed by atoms with Gasteiger partial charge in [-0.2, -0.15) is 18.4 Å². The maximum absolute atomic E-state index is 13.4. The van der Waals surface area contributed by atoms with Crippen molar-refractivity contribution in [2.24, 2.45) is 5.92 Å². The molecule has 0 aliphatic heterocycles. The van der Waals surface area contributed by atoms with E-state index in [2.05, 4.69) is 5.32 Å². The lowest BCUT2D eigenvalue weighted by molar-refractivity contribution is -0.140. The number of carbonyl (C=O) groups is 1. The Morgan fingerprint density at radius 2 is 1.76 bits per heavy atom.